The Balaban J connectivity index is 1.94. The second-order valence-electron chi connectivity index (χ2n) is 4.12. The lowest BCUT2D eigenvalue weighted by molar-refractivity contribution is 0.0229. The molecule has 1 aliphatic carbocycles. The smallest absolute Gasteiger partial charge is 0.0594 e. The topological polar surface area (TPSA) is 12.5 Å². The zero-order valence-corrected chi connectivity index (χ0v) is 8.46. The first-order chi connectivity index (χ1) is 6.36. The van der Waals surface area contributed by atoms with Gasteiger partial charge in [0.05, 0.1) is 13.2 Å². The van der Waals surface area contributed by atoms with Crippen molar-refractivity contribution in [3.05, 3.63) is 11.6 Å². The summed E-state index contributed by atoms with van der Waals surface area (Å²) < 4.78 is 5.36. The molecule has 1 atom stereocenters. The Labute approximate surface area is 80.6 Å². The summed E-state index contributed by atoms with van der Waals surface area (Å²) in [6.07, 6.45) is 6.47. The Morgan fingerprint density at radius 2 is 2.15 bits per heavy atom. The van der Waals surface area contributed by atoms with E-state index in [1.54, 1.807) is 5.57 Å². The minimum absolute atomic E-state index is 0.706. The van der Waals surface area contributed by atoms with Gasteiger partial charge in [-0.1, -0.05) is 11.6 Å². The summed E-state index contributed by atoms with van der Waals surface area (Å²) in [6.45, 7) is 6.34. The van der Waals surface area contributed by atoms with Crippen molar-refractivity contribution in [1.29, 1.82) is 0 Å². The lowest BCUT2D eigenvalue weighted by atomic mass is 9.95. The predicted molar refractivity (Wildman–Crippen MR) is 53.8 cm³/mol. The molecule has 2 rings (SSSR count). The van der Waals surface area contributed by atoms with Gasteiger partial charge in [-0.2, -0.15) is 0 Å². The Bertz CT molecular complexity index is 194. The van der Waals surface area contributed by atoms with Crippen LogP contribution in [0.5, 0.6) is 0 Å². The van der Waals surface area contributed by atoms with E-state index in [1.807, 2.05) is 0 Å². The molecule has 0 aromatic rings. The van der Waals surface area contributed by atoms with E-state index >= 15 is 0 Å². The first-order valence-electron chi connectivity index (χ1n) is 5.35. The Hall–Kier alpha value is -0.340. The summed E-state index contributed by atoms with van der Waals surface area (Å²) in [7, 11) is 0. The third-order valence-electron chi connectivity index (χ3n) is 3.06. The third kappa shape index (κ3) is 2.32. The minimum atomic E-state index is 0.706. The zero-order valence-electron chi connectivity index (χ0n) is 8.46. The van der Waals surface area contributed by atoms with E-state index in [0.29, 0.717) is 6.04 Å². The normalized spacial score (nSPS) is 31.5. The quantitative estimate of drug-likeness (QED) is 0.572. The molecule has 2 nitrogen and oxygen atoms in total. The van der Waals surface area contributed by atoms with Crippen LogP contribution >= 0.6 is 0 Å². The van der Waals surface area contributed by atoms with Crippen LogP contribution in [-0.4, -0.2) is 37.2 Å². The number of rotatable bonds is 1. The average Bonchev–Trinajstić information content (AvgIpc) is 2.19. The number of ether oxygens (including phenoxy) is 1. The highest BCUT2D eigenvalue weighted by molar-refractivity contribution is 5.08. The van der Waals surface area contributed by atoms with Crippen molar-refractivity contribution in [2.45, 2.75) is 32.2 Å². The van der Waals surface area contributed by atoms with Gasteiger partial charge >= 0.3 is 0 Å². The number of allylic oxidation sites excluding steroid dienone is 1. The molecule has 0 bridgehead atoms. The van der Waals surface area contributed by atoms with E-state index in [4.69, 9.17) is 4.74 Å². The van der Waals surface area contributed by atoms with E-state index < -0.39 is 0 Å². The Kier molecular flexibility index (Phi) is 3.01. The van der Waals surface area contributed by atoms with Gasteiger partial charge in [0.1, 0.15) is 0 Å². The van der Waals surface area contributed by atoms with Crippen molar-refractivity contribution in [3.63, 3.8) is 0 Å². The molecule has 1 saturated heterocycles. The number of morpholine rings is 1. The SMILES string of the molecule is CC1=CC(N2CCOCC2)CCC1. The Morgan fingerprint density at radius 1 is 1.38 bits per heavy atom. The second kappa shape index (κ2) is 4.25. The maximum absolute atomic E-state index is 5.36. The molecule has 0 amide bonds. The number of hydrogen-bond acceptors (Lipinski definition) is 2. The molecule has 1 unspecified atom stereocenters. The van der Waals surface area contributed by atoms with Crippen molar-refractivity contribution in [2.75, 3.05) is 26.3 Å². The number of nitrogens with zero attached hydrogens (tertiary/aromatic N) is 1. The fourth-order valence-electron chi connectivity index (χ4n) is 2.28. The molecule has 0 aromatic carbocycles. The highest BCUT2D eigenvalue weighted by atomic mass is 16.5. The zero-order chi connectivity index (χ0) is 9.10. The van der Waals surface area contributed by atoms with E-state index in [-0.39, 0.29) is 0 Å². The number of hydrogen-bond donors (Lipinski definition) is 0. The van der Waals surface area contributed by atoms with E-state index in [9.17, 15) is 0 Å². The van der Waals surface area contributed by atoms with Crippen LogP contribution in [0, 0.1) is 0 Å². The van der Waals surface area contributed by atoms with Crippen molar-refractivity contribution in [2.24, 2.45) is 0 Å². The minimum Gasteiger partial charge on any atom is -0.379 e. The average molecular weight is 181 g/mol. The molecule has 0 radical (unpaired) electrons. The molecule has 13 heavy (non-hydrogen) atoms. The Morgan fingerprint density at radius 3 is 2.85 bits per heavy atom. The third-order valence-corrected chi connectivity index (χ3v) is 3.06. The maximum atomic E-state index is 5.36. The summed E-state index contributed by atoms with van der Waals surface area (Å²) in [5, 5.41) is 0. The van der Waals surface area contributed by atoms with Gasteiger partial charge in [-0.05, 0) is 26.2 Å². The van der Waals surface area contributed by atoms with E-state index in [1.165, 1.54) is 19.3 Å². The van der Waals surface area contributed by atoms with Crippen molar-refractivity contribution < 1.29 is 4.74 Å². The van der Waals surface area contributed by atoms with E-state index in [0.717, 1.165) is 26.3 Å². The maximum Gasteiger partial charge on any atom is 0.0594 e. The summed E-state index contributed by atoms with van der Waals surface area (Å²) in [6, 6.07) is 0.706. The summed E-state index contributed by atoms with van der Waals surface area (Å²) in [4.78, 5) is 2.56. The van der Waals surface area contributed by atoms with Gasteiger partial charge < -0.3 is 4.74 Å². The van der Waals surface area contributed by atoms with Gasteiger partial charge in [0.2, 0.25) is 0 Å². The first-order valence-corrected chi connectivity index (χ1v) is 5.35. The lowest BCUT2D eigenvalue weighted by Crippen LogP contribution is -2.43. The van der Waals surface area contributed by atoms with Gasteiger partial charge in [-0.25, -0.2) is 0 Å². The molecule has 0 N–H and O–H groups in total. The van der Waals surface area contributed by atoms with Gasteiger partial charge in [0.25, 0.3) is 0 Å². The first kappa shape index (κ1) is 9.22. The lowest BCUT2D eigenvalue weighted by Gasteiger charge is -2.35. The predicted octanol–water partition coefficient (Wildman–Crippen LogP) is 1.82. The molecule has 0 saturated carbocycles. The van der Waals surface area contributed by atoms with Crippen LogP contribution in [0.2, 0.25) is 0 Å². The molecule has 1 heterocycles. The molecule has 74 valence electrons. The second-order valence-corrected chi connectivity index (χ2v) is 4.12. The summed E-state index contributed by atoms with van der Waals surface area (Å²) >= 11 is 0. The molecular formula is C11H19NO. The largest absolute Gasteiger partial charge is 0.379 e. The summed E-state index contributed by atoms with van der Waals surface area (Å²) in [5.41, 5.74) is 1.57. The van der Waals surface area contributed by atoms with Crippen molar-refractivity contribution in [3.8, 4) is 0 Å². The van der Waals surface area contributed by atoms with Gasteiger partial charge in [0, 0.05) is 19.1 Å². The van der Waals surface area contributed by atoms with Crippen molar-refractivity contribution >= 4 is 0 Å². The van der Waals surface area contributed by atoms with Crippen LogP contribution in [-0.2, 0) is 4.74 Å². The molecule has 2 heteroatoms. The summed E-state index contributed by atoms with van der Waals surface area (Å²) in [5.74, 6) is 0. The van der Waals surface area contributed by atoms with Crippen LogP contribution in [0.4, 0.5) is 0 Å². The highest BCUT2D eigenvalue weighted by Crippen LogP contribution is 2.21. The fraction of sp³-hybridized carbons (Fsp3) is 0.818. The standard InChI is InChI=1S/C11H19NO/c1-10-3-2-4-11(9-10)12-5-7-13-8-6-12/h9,11H,2-8H2,1H3. The van der Waals surface area contributed by atoms with Crippen LogP contribution in [0.25, 0.3) is 0 Å². The molecule has 2 aliphatic rings. The van der Waals surface area contributed by atoms with Crippen LogP contribution < -0.4 is 0 Å². The monoisotopic (exact) mass is 181 g/mol. The van der Waals surface area contributed by atoms with Crippen LogP contribution in [0.3, 0.4) is 0 Å². The van der Waals surface area contributed by atoms with Crippen LogP contribution in [0.15, 0.2) is 11.6 Å². The molecule has 0 aromatic heterocycles. The fourth-order valence-corrected chi connectivity index (χ4v) is 2.28. The molecule has 0 spiro atoms. The van der Waals surface area contributed by atoms with Crippen LogP contribution in [0.1, 0.15) is 26.2 Å². The molecule has 1 fully saturated rings. The molecule has 1 aliphatic heterocycles. The van der Waals surface area contributed by atoms with E-state index in [2.05, 4.69) is 17.9 Å². The molecular weight excluding hydrogens is 162 g/mol. The highest BCUT2D eigenvalue weighted by Gasteiger charge is 2.20. The van der Waals surface area contributed by atoms with Gasteiger partial charge in [0.15, 0.2) is 0 Å². The van der Waals surface area contributed by atoms with Gasteiger partial charge in [-0.3, -0.25) is 4.90 Å². The van der Waals surface area contributed by atoms with Gasteiger partial charge in [-0.15, -0.1) is 0 Å². The van der Waals surface area contributed by atoms with Crippen molar-refractivity contribution in [1.82, 2.24) is 4.90 Å².